The maximum absolute atomic E-state index is 12.1. The van der Waals surface area contributed by atoms with Gasteiger partial charge in [0.2, 0.25) is 5.91 Å². The quantitative estimate of drug-likeness (QED) is 0.886. The maximum atomic E-state index is 12.1. The van der Waals surface area contributed by atoms with E-state index in [4.69, 9.17) is 5.73 Å². The minimum atomic E-state index is -0.617. The smallest absolute Gasteiger partial charge is 0.241 e. The van der Waals surface area contributed by atoms with Gasteiger partial charge in [-0.1, -0.05) is 67.1 Å². The molecule has 2 rings (SSSR count). The molecule has 0 heterocycles. The van der Waals surface area contributed by atoms with Crippen LogP contribution in [0.25, 0.3) is 0 Å². The van der Waals surface area contributed by atoms with Crippen LogP contribution in [-0.4, -0.2) is 12.5 Å². The zero-order valence-electron chi connectivity index (χ0n) is 12.5. The Morgan fingerprint density at radius 1 is 1.05 bits per heavy atom. The van der Waals surface area contributed by atoms with Crippen LogP contribution in [0.1, 0.15) is 35.6 Å². The normalized spacial score (nSPS) is 13.5. The number of nitrogens with two attached hydrogens (primary N) is 1. The molecule has 21 heavy (non-hydrogen) atoms. The molecule has 1 amide bonds. The van der Waals surface area contributed by atoms with Crippen molar-refractivity contribution in [3.63, 3.8) is 0 Å². The van der Waals surface area contributed by atoms with Crippen LogP contribution in [0.3, 0.4) is 0 Å². The molecule has 0 radical (unpaired) electrons. The van der Waals surface area contributed by atoms with Crippen LogP contribution in [0.15, 0.2) is 54.6 Å². The summed E-state index contributed by atoms with van der Waals surface area (Å²) >= 11 is 0. The van der Waals surface area contributed by atoms with Gasteiger partial charge in [-0.15, -0.1) is 0 Å². The summed E-state index contributed by atoms with van der Waals surface area (Å²) in [5.74, 6) is 0.127. The number of carbonyl (C=O) groups excluding carboxylic acids is 1. The van der Waals surface area contributed by atoms with Crippen LogP contribution in [-0.2, 0) is 4.79 Å². The van der Waals surface area contributed by atoms with Gasteiger partial charge in [-0.05, 0) is 24.0 Å². The Kier molecular flexibility index (Phi) is 5.12. The molecule has 0 saturated carbocycles. The molecule has 2 aromatic rings. The monoisotopic (exact) mass is 282 g/mol. The summed E-state index contributed by atoms with van der Waals surface area (Å²) in [4.78, 5) is 12.1. The molecular formula is C18H22N2O. The number of benzene rings is 2. The van der Waals surface area contributed by atoms with Crippen LogP contribution in [0.5, 0.6) is 0 Å². The predicted molar refractivity (Wildman–Crippen MR) is 86.0 cm³/mol. The standard InChI is InChI=1S/C18H22N2O/c1-13-8-10-16(11-9-13)17(19)18(21)20-12-14(2)15-6-4-3-5-7-15/h3-11,14,17H,12,19H2,1-2H3,(H,20,21). The molecule has 0 aliphatic carbocycles. The van der Waals surface area contributed by atoms with E-state index in [1.807, 2.05) is 49.4 Å². The van der Waals surface area contributed by atoms with E-state index in [1.165, 1.54) is 5.56 Å². The number of hydrogen-bond acceptors (Lipinski definition) is 2. The first-order valence-electron chi connectivity index (χ1n) is 7.22. The molecule has 0 spiro atoms. The van der Waals surface area contributed by atoms with Crippen molar-refractivity contribution < 1.29 is 4.79 Å². The van der Waals surface area contributed by atoms with Crippen molar-refractivity contribution in [1.29, 1.82) is 0 Å². The number of aryl methyl sites for hydroxylation is 1. The highest BCUT2D eigenvalue weighted by atomic mass is 16.2. The Balaban J connectivity index is 1.91. The number of hydrogen-bond donors (Lipinski definition) is 2. The molecule has 2 atom stereocenters. The first-order chi connectivity index (χ1) is 10.1. The lowest BCUT2D eigenvalue weighted by Crippen LogP contribution is -2.36. The Labute approximate surface area is 126 Å². The highest BCUT2D eigenvalue weighted by Gasteiger charge is 2.16. The molecule has 3 nitrogen and oxygen atoms in total. The fourth-order valence-corrected chi connectivity index (χ4v) is 2.19. The average molecular weight is 282 g/mol. The van der Waals surface area contributed by atoms with Gasteiger partial charge in [-0.2, -0.15) is 0 Å². The molecular weight excluding hydrogens is 260 g/mol. The molecule has 0 aromatic heterocycles. The van der Waals surface area contributed by atoms with Crippen LogP contribution < -0.4 is 11.1 Å². The van der Waals surface area contributed by atoms with Crippen molar-refractivity contribution in [1.82, 2.24) is 5.32 Å². The number of nitrogens with one attached hydrogen (secondary N) is 1. The molecule has 2 aromatic carbocycles. The van der Waals surface area contributed by atoms with Gasteiger partial charge in [-0.25, -0.2) is 0 Å². The maximum Gasteiger partial charge on any atom is 0.241 e. The summed E-state index contributed by atoms with van der Waals surface area (Å²) in [5.41, 5.74) is 9.21. The summed E-state index contributed by atoms with van der Waals surface area (Å²) < 4.78 is 0. The van der Waals surface area contributed by atoms with Crippen molar-refractivity contribution in [3.8, 4) is 0 Å². The van der Waals surface area contributed by atoms with Gasteiger partial charge in [0.05, 0.1) is 0 Å². The van der Waals surface area contributed by atoms with Crippen LogP contribution >= 0.6 is 0 Å². The van der Waals surface area contributed by atoms with E-state index in [0.29, 0.717) is 6.54 Å². The van der Waals surface area contributed by atoms with Crippen molar-refractivity contribution in [2.75, 3.05) is 6.54 Å². The Hall–Kier alpha value is -2.13. The average Bonchev–Trinajstić information content (AvgIpc) is 2.53. The highest BCUT2D eigenvalue weighted by Crippen LogP contribution is 2.15. The van der Waals surface area contributed by atoms with E-state index in [-0.39, 0.29) is 11.8 Å². The summed E-state index contributed by atoms with van der Waals surface area (Å²) in [6, 6.07) is 17.3. The lowest BCUT2D eigenvalue weighted by atomic mass is 10.0. The fourth-order valence-electron chi connectivity index (χ4n) is 2.19. The second-order valence-electron chi connectivity index (χ2n) is 5.45. The summed E-state index contributed by atoms with van der Waals surface area (Å²) in [5, 5.41) is 2.93. The Bertz CT molecular complexity index is 578. The molecule has 3 heteroatoms. The second kappa shape index (κ2) is 7.04. The number of rotatable bonds is 5. The zero-order valence-corrected chi connectivity index (χ0v) is 12.5. The van der Waals surface area contributed by atoms with Gasteiger partial charge in [0.25, 0.3) is 0 Å². The van der Waals surface area contributed by atoms with Crippen LogP contribution in [0, 0.1) is 6.92 Å². The lowest BCUT2D eigenvalue weighted by molar-refractivity contribution is -0.122. The van der Waals surface area contributed by atoms with E-state index in [9.17, 15) is 4.79 Å². The van der Waals surface area contributed by atoms with Crippen LogP contribution in [0.4, 0.5) is 0 Å². The third kappa shape index (κ3) is 4.17. The van der Waals surface area contributed by atoms with Crippen molar-refractivity contribution in [2.45, 2.75) is 25.8 Å². The lowest BCUT2D eigenvalue weighted by Gasteiger charge is -2.16. The molecule has 2 unspecified atom stereocenters. The molecule has 0 fully saturated rings. The van der Waals surface area contributed by atoms with E-state index in [0.717, 1.165) is 11.1 Å². The molecule has 0 aliphatic rings. The molecule has 0 bridgehead atoms. The molecule has 110 valence electrons. The van der Waals surface area contributed by atoms with Gasteiger partial charge in [0, 0.05) is 6.54 Å². The first-order valence-corrected chi connectivity index (χ1v) is 7.22. The van der Waals surface area contributed by atoms with E-state index < -0.39 is 6.04 Å². The van der Waals surface area contributed by atoms with Crippen molar-refractivity contribution >= 4 is 5.91 Å². The Morgan fingerprint density at radius 2 is 1.67 bits per heavy atom. The van der Waals surface area contributed by atoms with Crippen molar-refractivity contribution in [3.05, 3.63) is 71.3 Å². The van der Waals surface area contributed by atoms with E-state index in [2.05, 4.69) is 24.4 Å². The van der Waals surface area contributed by atoms with E-state index in [1.54, 1.807) is 0 Å². The largest absolute Gasteiger partial charge is 0.354 e. The number of carbonyl (C=O) groups is 1. The van der Waals surface area contributed by atoms with Gasteiger partial charge in [-0.3, -0.25) is 4.79 Å². The summed E-state index contributed by atoms with van der Waals surface area (Å²) in [7, 11) is 0. The molecule has 0 aliphatic heterocycles. The van der Waals surface area contributed by atoms with E-state index >= 15 is 0 Å². The molecule has 0 saturated heterocycles. The van der Waals surface area contributed by atoms with Gasteiger partial charge in [0.15, 0.2) is 0 Å². The SMILES string of the molecule is Cc1ccc(C(N)C(=O)NCC(C)c2ccccc2)cc1. The van der Waals surface area contributed by atoms with Gasteiger partial charge in [0.1, 0.15) is 6.04 Å². The topological polar surface area (TPSA) is 55.1 Å². The predicted octanol–water partition coefficient (Wildman–Crippen LogP) is 2.91. The van der Waals surface area contributed by atoms with Crippen molar-refractivity contribution in [2.24, 2.45) is 5.73 Å². The zero-order chi connectivity index (χ0) is 15.2. The highest BCUT2D eigenvalue weighted by molar-refractivity contribution is 5.82. The minimum Gasteiger partial charge on any atom is -0.354 e. The summed E-state index contributed by atoms with van der Waals surface area (Å²) in [6.07, 6.45) is 0. The van der Waals surface area contributed by atoms with Crippen LogP contribution in [0.2, 0.25) is 0 Å². The first kappa shape index (κ1) is 15.3. The minimum absolute atomic E-state index is 0.137. The fraction of sp³-hybridized carbons (Fsp3) is 0.278. The summed E-state index contributed by atoms with van der Waals surface area (Å²) in [6.45, 7) is 4.69. The van der Waals surface area contributed by atoms with Gasteiger partial charge < -0.3 is 11.1 Å². The third-order valence-corrected chi connectivity index (χ3v) is 3.67. The van der Waals surface area contributed by atoms with Gasteiger partial charge >= 0.3 is 0 Å². The Morgan fingerprint density at radius 3 is 2.29 bits per heavy atom. The second-order valence-corrected chi connectivity index (χ2v) is 5.45. The molecule has 3 N–H and O–H groups in total. The third-order valence-electron chi connectivity index (χ3n) is 3.67. The number of amides is 1.